The van der Waals surface area contributed by atoms with E-state index < -0.39 is 0 Å². The van der Waals surface area contributed by atoms with E-state index in [9.17, 15) is 5.11 Å². The SMILES string of the molecule is CN(C)CCOCCOC1CCC2(C)C(CCC3C4CCC(O)C4(C)CCC32)C1. The van der Waals surface area contributed by atoms with Crippen LogP contribution in [0.15, 0.2) is 0 Å². The van der Waals surface area contributed by atoms with Gasteiger partial charge in [0.1, 0.15) is 0 Å². The highest BCUT2D eigenvalue weighted by molar-refractivity contribution is 5.09. The van der Waals surface area contributed by atoms with E-state index in [0.29, 0.717) is 11.5 Å². The number of ether oxygens (including phenoxy) is 2. The highest BCUT2D eigenvalue weighted by Crippen LogP contribution is 2.66. The molecule has 4 heteroatoms. The number of hydrogen-bond acceptors (Lipinski definition) is 4. The van der Waals surface area contributed by atoms with E-state index in [1.54, 1.807) is 0 Å². The topological polar surface area (TPSA) is 41.9 Å². The van der Waals surface area contributed by atoms with Gasteiger partial charge in [-0.15, -0.1) is 0 Å². The summed E-state index contributed by atoms with van der Waals surface area (Å²) in [6, 6.07) is 0. The third-order valence-corrected chi connectivity index (χ3v) is 9.83. The number of rotatable bonds is 7. The average Bonchev–Trinajstić information content (AvgIpc) is 2.99. The number of fused-ring (bicyclic) bond motifs is 5. The summed E-state index contributed by atoms with van der Waals surface area (Å²) in [4.78, 5) is 2.15. The second-order valence-electron chi connectivity index (χ2n) is 11.5. The molecule has 4 rings (SSSR count). The molecular formula is C25H45NO3. The van der Waals surface area contributed by atoms with Crippen LogP contribution >= 0.6 is 0 Å². The third kappa shape index (κ3) is 4.16. The van der Waals surface area contributed by atoms with Gasteiger partial charge in [-0.3, -0.25) is 0 Å². The maximum absolute atomic E-state index is 10.6. The van der Waals surface area contributed by atoms with E-state index in [-0.39, 0.29) is 11.5 Å². The molecule has 0 heterocycles. The molecule has 4 saturated carbocycles. The molecule has 168 valence electrons. The molecule has 0 saturated heterocycles. The van der Waals surface area contributed by atoms with Crippen molar-refractivity contribution < 1.29 is 14.6 Å². The minimum absolute atomic E-state index is 0.0527. The molecule has 8 atom stereocenters. The zero-order valence-corrected chi connectivity index (χ0v) is 19.4. The first-order chi connectivity index (χ1) is 13.8. The van der Waals surface area contributed by atoms with Crippen LogP contribution in [0.2, 0.25) is 0 Å². The Kier molecular flexibility index (Phi) is 6.66. The van der Waals surface area contributed by atoms with Crippen LogP contribution in [0.4, 0.5) is 0 Å². The number of hydrogen-bond donors (Lipinski definition) is 1. The average molecular weight is 408 g/mol. The van der Waals surface area contributed by atoms with Crippen molar-refractivity contribution in [1.82, 2.24) is 4.90 Å². The normalized spacial score (nSPS) is 47.0. The number of aliphatic hydroxyl groups is 1. The summed E-state index contributed by atoms with van der Waals surface area (Å²) in [5.41, 5.74) is 0.705. The summed E-state index contributed by atoms with van der Waals surface area (Å²) in [6.45, 7) is 8.24. The van der Waals surface area contributed by atoms with Crippen molar-refractivity contribution in [2.45, 2.75) is 83.8 Å². The zero-order chi connectivity index (χ0) is 20.6. The predicted octanol–water partition coefficient (Wildman–Crippen LogP) is 4.35. The van der Waals surface area contributed by atoms with Gasteiger partial charge in [0.2, 0.25) is 0 Å². The molecule has 0 aromatic carbocycles. The Hall–Kier alpha value is -0.160. The van der Waals surface area contributed by atoms with Crippen LogP contribution in [0.5, 0.6) is 0 Å². The van der Waals surface area contributed by atoms with Gasteiger partial charge in [-0.2, -0.15) is 0 Å². The van der Waals surface area contributed by atoms with Gasteiger partial charge in [0.05, 0.1) is 32.0 Å². The van der Waals surface area contributed by atoms with Crippen molar-refractivity contribution in [3.8, 4) is 0 Å². The molecule has 0 radical (unpaired) electrons. The lowest BCUT2D eigenvalue weighted by atomic mass is 9.45. The molecule has 29 heavy (non-hydrogen) atoms. The first-order valence-electron chi connectivity index (χ1n) is 12.4. The van der Waals surface area contributed by atoms with Gasteiger partial charge in [-0.05, 0) is 106 Å². The maximum atomic E-state index is 10.6. The molecule has 0 aromatic rings. The molecule has 1 N–H and O–H groups in total. The van der Waals surface area contributed by atoms with Gasteiger partial charge in [-0.25, -0.2) is 0 Å². The third-order valence-electron chi connectivity index (χ3n) is 9.83. The van der Waals surface area contributed by atoms with Crippen molar-refractivity contribution in [1.29, 1.82) is 0 Å². The Morgan fingerprint density at radius 2 is 1.62 bits per heavy atom. The summed E-state index contributed by atoms with van der Waals surface area (Å²) in [5.74, 6) is 3.32. The van der Waals surface area contributed by atoms with Crippen LogP contribution in [0, 0.1) is 34.5 Å². The van der Waals surface area contributed by atoms with Crippen LogP contribution in [-0.2, 0) is 9.47 Å². The molecule has 4 fully saturated rings. The Morgan fingerprint density at radius 3 is 2.41 bits per heavy atom. The Morgan fingerprint density at radius 1 is 0.862 bits per heavy atom. The summed E-state index contributed by atoms with van der Waals surface area (Å²) in [6.07, 6.45) is 11.8. The van der Waals surface area contributed by atoms with Gasteiger partial charge in [0.15, 0.2) is 0 Å². The van der Waals surface area contributed by atoms with Gasteiger partial charge in [-0.1, -0.05) is 13.8 Å². The van der Waals surface area contributed by atoms with E-state index in [4.69, 9.17) is 9.47 Å². The van der Waals surface area contributed by atoms with E-state index in [0.717, 1.165) is 56.5 Å². The molecular weight excluding hydrogens is 362 g/mol. The molecule has 4 aliphatic carbocycles. The second-order valence-corrected chi connectivity index (χ2v) is 11.5. The van der Waals surface area contributed by atoms with E-state index >= 15 is 0 Å². The van der Waals surface area contributed by atoms with Crippen molar-refractivity contribution in [2.75, 3.05) is 40.5 Å². The number of aliphatic hydroxyl groups excluding tert-OH is 1. The second kappa shape index (κ2) is 8.76. The molecule has 8 unspecified atom stereocenters. The fourth-order valence-corrected chi connectivity index (χ4v) is 7.97. The highest BCUT2D eigenvalue weighted by atomic mass is 16.5. The molecule has 4 aliphatic rings. The fraction of sp³-hybridized carbons (Fsp3) is 1.00. The van der Waals surface area contributed by atoms with Crippen molar-refractivity contribution in [3.63, 3.8) is 0 Å². The number of likely N-dealkylation sites (N-methyl/N-ethyl adjacent to an activating group) is 1. The maximum Gasteiger partial charge on any atom is 0.0704 e. The smallest absolute Gasteiger partial charge is 0.0704 e. The molecule has 0 bridgehead atoms. The van der Waals surface area contributed by atoms with Gasteiger partial charge >= 0.3 is 0 Å². The lowest BCUT2D eigenvalue weighted by Gasteiger charge is -2.60. The Balaban J connectivity index is 1.29. The van der Waals surface area contributed by atoms with Crippen LogP contribution < -0.4 is 0 Å². The lowest BCUT2D eigenvalue weighted by molar-refractivity contribution is -0.142. The molecule has 0 amide bonds. The predicted molar refractivity (Wildman–Crippen MR) is 117 cm³/mol. The highest BCUT2D eigenvalue weighted by Gasteiger charge is 2.60. The molecule has 0 spiro atoms. The minimum Gasteiger partial charge on any atom is -0.393 e. The van der Waals surface area contributed by atoms with Gasteiger partial charge in [0, 0.05) is 6.54 Å². The summed E-state index contributed by atoms with van der Waals surface area (Å²) in [7, 11) is 4.16. The fourth-order valence-electron chi connectivity index (χ4n) is 7.97. The Bertz CT molecular complexity index is 554. The van der Waals surface area contributed by atoms with Crippen molar-refractivity contribution >= 4 is 0 Å². The summed E-state index contributed by atoms with van der Waals surface area (Å²) < 4.78 is 12.0. The number of nitrogens with zero attached hydrogens (tertiary/aromatic N) is 1. The molecule has 4 nitrogen and oxygen atoms in total. The monoisotopic (exact) mass is 407 g/mol. The lowest BCUT2D eigenvalue weighted by Crippen LogP contribution is -2.54. The first kappa shape index (κ1) is 22.0. The van der Waals surface area contributed by atoms with Crippen LogP contribution in [0.3, 0.4) is 0 Å². The van der Waals surface area contributed by atoms with E-state index in [1.807, 2.05) is 0 Å². The Labute approximate surface area is 178 Å². The van der Waals surface area contributed by atoms with E-state index in [2.05, 4.69) is 32.8 Å². The summed E-state index contributed by atoms with van der Waals surface area (Å²) in [5, 5.41) is 10.6. The largest absolute Gasteiger partial charge is 0.393 e. The van der Waals surface area contributed by atoms with Crippen LogP contribution in [0.1, 0.15) is 71.6 Å². The zero-order valence-electron chi connectivity index (χ0n) is 19.4. The van der Waals surface area contributed by atoms with Crippen LogP contribution in [-0.4, -0.2) is 62.7 Å². The van der Waals surface area contributed by atoms with Crippen LogP contribution in [0.25, 0.3) is 0 Å². The molecule has 0 aliphatic heterocycles. The summed E-state index contributed by atoms with van der Waals surface area (Å²) >= 11 is 0. The van der Waals surface area contributed by atoms with Gasteiger partial charge < -0.3 is 19.5 Å². The minimum atomic E-state index is -0.0527. The standard InChI is InChI=1S/C25H45NO3/c1-24-11-9-19(29-16-15-28-14-13-26(3)4)17-18(24)5-6-20-21-7-8-23(27)25(21,2)12-10-22(20)24/h18-23,27H,5-17H2,1-4H3. The molecule has 0 aromatic heterocycles. The van der Waals surface area contributed by atoms with Crippen molar-refractivity contribution in [2.24, 2.45) is 34.5 Å². The van der Waals surface area contributed by atoms with Gasteiger partial charge in [0.25, 0.3) is 0 Å². The van der Waals surface area contributed by atoms with Crippen molar-refractivity contribution in [3.05, 3.63) is 0 Å². The first-order valence-corrected chi connectivity index (χ1v) is 12.4. The quantitative estimate of drug-likeness (QED) is 0.637. The van der Waals surface area contributed by atoms with E-state index in [1.165, 1.54) is 51.4 Å².